The Bertz CT molecular complexity index is 779. The van der Waals surface area contributed by atoms with Crippen LogP contribution in [0.4, 0.5) is 19.1 Å². The summed E-state index contributed by atoms with van der Waals surface area (Å²) >= 11 is 0. The molecule has 13 heteroatoms. The van der Waals surface area contributed by atoms with Crippen molar-refractivity contribution in [3.63, 3.8) is 0 Å². The molecule has 1 amide bonds. The lowest BCUT2D eigenvalue weighted by atomic mass is 10.1. The highest BCUT2D eigenvalue weighted by atomic mass is 35.5. The van der Waals surface area contributed by atoms with Gasteiger partial charge in [0.2, 0.25) is 5.95 Å². The molecule has 0 atom stereocenters. The number of amides is 1. The zero-order valence-electron chi connectivity index (χ0n) is 14.7. The molecule has 0 unspecified atom stereocenters. The third kappa shape index (κ3) is 5.76. The van der Waals surface area contributed by atoms with Gasteiger partial charge in [-0.3, -0.25) is 4.79 Å². The van der Waals surface area contributed by atoms with Crippen LogP contribution in [-0.2, 0) is 6.18 Å². The van der Waals surface area contributed by atoms with E-state index < -0.39 is 17.8 Å². The molecule has 9 nitrogen and oxygen atoms in total. The monoisotopic (exact) mass is 420 g/mol. The van der Waals surface area contributed by atoms with Crippen LogP contribution in [-0.4, -0.2) is 57.0 Å². The fraction of sp³-hybridized carbons (Fsp3) is 0.533. The molecule has 28 heavy (non-hydrogen) atoms. The average Bonchev–Trinajstić information content (AvgIpc) is 3.16. The van der Waals surface area contributed by atoms with Crippen molar-refractivity contribution in [2.24, 2.45) is 0 Å². The largest absolute Gasteiger partial charge is 0.433 e. The summed E-state index contributed by atoms with van der Waals surface area (Å²) in [5.74, 6) is -0.558. The van der Waals surface area contributed by atoms with E-state index in [0.717, 1.165) is 38.2 Å². The molecule has 3 N–H and O–H groups in total. The Morgan fingerprint density at radius 2 is 2.04 bits per heavy atom. The van der Waals surface area contributed by atoms with Crippen LogP contribution in [0.3, 0.4) is 0 Å². The third-order valence-electron chi connectivity index (χ3n) is 4.07. The summed E-state index contributed by atoms with van der Waals surface area (Å²) in [6.45, 7) is 2.12. The van der Waals surface area contributed by atoms with E-state index in [1.54, 1.807) is 10.9 Å². The Balaban J connectivity index is 0.00000280. The van der Waals surface area contributed by atoms with Crippen LogP contribution in [0.5, 0.6) is 0 Å². The van der Waals surface area contributed by atoms with Gasteiger partial charge in [0.15, 0.2) is 5.69 Å². The molecule has 0 aliphatic carbocycles. The predicted octanol–water partition coefficient (Wildman–Crippen LogP) is 1.28. The minimum absolute atomic E-state index is 0. The number of nitrogens with zero attached hydrogens (tertiary/aromatic N) is 5. The molecule has 2 aromatic heterocycles. The normalized spacial score (nSPS) is 15.0. The van der Waals surface area contributed by atoms with Crippen molar-refractivity contribution in [3.8, 4) is 0 Å². The Kier molecular flexibility index (Phi) is 7.52. The van der Waals surface area contributed by atoms with Gasteiger partial charge in [0, 0.05) is 19.3 Å². The number of carbonyl (C=O) groups is 1. The van der Waals surface area contributed by atoms with Gasteiger partial charge in [0.1, 0.15) is 5.69 Å². The van der Waals surface area contributed by atoms with E-state index in [9.17, 15) is 18.0 Å². The molecule has 0 saturated carbocycles. The Hall–Kier alpha value is -2.47. The summed E-state index contributed by atoms with van der Waals surface area (Å²) in [5.41, 5.74) is -0.831. The van der Waals surface area contributed by atoms with E-state index in [1.165, 1.54) is 0 Å². The summed E-state index contributed by atoms with van der Waals surface area (Å²) in [5, 5.41) is 16.4. The van der Waals surface area contributed by atoms with E-state index >= 15 is 0 Å². The number of carbonyl (C=O) groups excluding carboxylic acids is 1. The van der Waals surface area contributed by atoms with Crippen LogP contribution in [0, 0.1) is 0 Å². The zero-order valence-corrected chi connectivity index (χ0v) is 15.6. The highest BCUT2D eigenvalue weighted by Gasteiger charge is 2.32. The first-order valence-corrected chi connectivity index (χ1v) is 8.48. The number of piperidine rings is 1. The number of aromatic nitrogens is 5. The van der Waals surface area contributed by atoms with Crippen LogP contribution in [0.1, 0.15) is 35.1 Å². The second-order valence-corrected chi connectivity index (χ2v) is 6.01. The topological polar surface area (TPSA) is 110 Å². The minimum atomic E-state index is -4.53. The van der Waals surface area contributed by atoms with Gasteiger partial charge in [0.05, 0.1) is 12.2 Å². The maximum absolute atomic E-state index is 12.6. The summed E-state index contributed by atoms with van der Waals surface area (Å²) in [6.07, 6.45) is -0.0606. The van der Waals surface area contributed by atoms with Crippen LogP contribution in [0.2, 0.25) is 0 Å². The summed E-state index contributed by atoms with van der Waals surface area (Å²) in [7, 11) is 0. The first-order chi connectivity index (χ1) is 12.9. The second-order valence-electron chi connectivity index (χ2n) is 6.01. The second kappa shape index (κ2) is 9.64. The maximum Gasteiger partial charge on any atom is 0.433 e. The van der Waals surface area contributed by atoms with Gasteiger partial charge in [-0.05, 0) is 32.0 Å². The van der Waals surface area contributed by atoms with E-state index in [2.05, 4.69) is 36.2 Å². The molecule has 3 rings (SSSR count). The molecule has 0 bridgehead atoms. The van der Waals surface area contributed by atoms with Crippen LogP contribution < -0.4 is 16.0 Å². The molecule has 0 aromatic carbocycles. The van der Waals surface area contributed by atoms with Crippen molar-refractivity contribution in [2.75, 3.05) is 31.5 Å². The van der Waals surface area contributed by atoms with E-state index in [0.29, 0.717) is 0 Å². The van der Waals surface area contributed by atoms with Crippen molar-refractivity contribution >= 4 is 24.3 Å². The van der Waals surface area contributed by atoms with Crippen LogP contribution in [0.25, 0.3) is 0 Å². The molecule has 154 valence electrons. The average molecular weight is 421 g/mol. The summed E-state index contributed by atoms with van der Waals surface area (Å²) in [4.78, 5) is 19.2. The third-order valence-corrected chi connectivity index (χ3v) is 4.07. The highest BCUT2D eigenvalue weighted by Crippen LogP contribution is 2.27. The maximum atomic E-state index is 12.6. The molecule has 0 spiro atoms. The molecule has 1 aliphatic heterocycles. The molecule has 3 heterocycles. The molecule has 2 aromatic rings. The minimum Gasteiger partial charge on any atom is -0.352 e. The van der Waals surface area contributed by atoms with Gasteiger partial charge < -0.3 is 16.0 Å². The van der Waals surface area contributed by atoms with E-state index in [-0.39, 0.29) is 43.2 Å². The van der Waals surface area contributed by atoms with Crippen molar-refractivity contribution in [1.29, 1.82) is 0 Å². The lowest BCUT2D eigenvalue weighted by Crippen LogP contribution is -2.30. The van der Waals surface area contributed by atoms with Gasteiger partial charge in [0.25, 0.3) is 5.91 Å². The highest BCUT2D eigenvalue weighted by molar-refractivity contribution is 5.91. The summed E-state index contributed by atoms with van der Waals surface area (Å²) < 4.78 is 39.5. The van der Waals surface area contributed by atoms with Gasteiger partial charge in [-0.1, -0.05) is 5.21 Å². The van der Waals surface area contributed by atoms with Crippen molar-refractivity contribution < 1.29 is 18.0 Å². The lowest BCUT2D eigenvalue weighted by Gasteiger charge is -2.22. The van der Waals surface area contributed by atoms with Gasteiger partial charge in [-0.25, -0.2) is 14.6 Å². The van der Waals surface area contributed by atoms with Crippen molar-refractivity contribution in [1.82, 2.24) is 35.6 Å². The molecule has 1 saturated heterocycles. The fourth-order valence-corrected chi connectivity index (χ4v) is 2.67. The molecule has 1 aliphatic rings. The van der Waals surface area contributed by atoms with Gasteiger partial charge in [-0.2, -0.15) is 13.2 Å². The van der Waals surface area contributed by atoms with Crippen molar-refractivity contribution in [2.45, 2.75) is 25.1 Å². The molecular formula is C15H20ClF3N8O. The molecular weight excluding hydrogens is 401 g/mol. The first-order valence-electron chi connectivity index (χ1n) is 8.48. The van der Waals surface area contributed by atoms with Gasteiger partial charge >= 0.3 is 6.18 Å². The number of halogens is 4. The smallest absolute Gasteiger partial charge is 0.352 e. The van der Waals surface area contributed by atoms with Crippen molar-refractivity contribution in [3.05, 3.63) is 29.8 Å². The predicted molar refractivity (Wildman–Crippen MR) is 96.3 cm³/mol. The molecule has 0 radical (unpaired) electrons. The Labute approximate surface area is 164 Å². The number of anilines is 1. The fourth-order valence-electron chi connectivity index (χ4n) is 2.67. The van der Waals surface area contributed by atoms with Crippen LogP contribution >= 0.6 is 12.4 Å². The van der Waals surface area contributed by atoms with E-state index in [1.807, 2.05) is 0 Å². The molecule has 1 fully saturated rings. The lowest BCUT2D eigenvalue weighted by molar-refractivity contribution is -0.141. The van der Waals surface area contributed by atoms with E-state index in [4.69, 9.17) is 0 Å². The first kappa shape index (κ1) is 21.8. The number of hydrogen-bond donors (Lipinski definition) is 3. The number of nitrogens with one attached hydrogen (secondary N) is 3. The number of rotatable bonds is 6. The Morgan fingerprint density at radius 1 is 1.29 bits per heavy atom. The SMILES string of the molecule is Cl.O=C(NCCNc1nccc(C(F)(F)F)n1)c1cn(C2CCNCC2)nn1. The Morgan fingerprint density at radius 3 is 2.75 bits per heavy atom. The van der Waals surface area contributed by atoms with Crippen LogP contribution in [0.15, 0.2) is 18.5 Å². The van der Waals surface area contributed by atoms with Gasteiger partial charge in [-0.15, -0.1) is 17.5 Å². The quantitative estimate of drug-likeness (QED) is 0.604. The zero-order chi connectivity index (χ0) is 19.3. The summed E-state index contributed by atoms with van der Waals surface area (Å²) in [6, 6.07) is 1.01. The standard InChI is InChI=1S/C15H19F3N8O.ClH/c16-15(17,18)12-3-6-21-14(23-12)22-8-7-20-13(27)11-9-26(25-24-11)10-1-4-19-5-2-10;/h3,6,9-10,19H,1-2,4-5,7-8H2,(H,20,27)(H,21,22,23);1H. The number of hydrogen-bond acceptors (Lipinski definition) is 7. The number of alkyl halides is 3.